The van der Waals surface area contributed by atoms with E-state index in [1.54, 1.807) is 12.1 Å². The smallest absolute Gasteiger partial charge is 0.387 e. The summed E-state index contributed by atoms with van der Waals surface area (Å²) in [5, 5.41) is 12.4. The molecule has 1 atom stereocenters. The second kappa shape index (κ2) is 7.28. The monoisotopic (exact) mass is 259 g/mol. The van der Waals surface area contributed by atoms with Crippen LogP contribution in [0.3, 0.4) is 0 Å². The maximum Gasteiger partial charge on any atom is 0.387 e. The Hall–Kier alpha value is -1.20. The van der Waals surface area contributed by atoms with Crippen LogP contribution in [0.2, 0.25) is 0 Å². The van der Waals surface area contributed by atoms with E-state index in [4.69, 9.17) is 5.11 Å². The lowest BCUT2D eigenvalue weighted by molar-refractivity contribution is -0.0498. The molecule has 0 fully saturated rings. The number of aliphatic hydroxyl groups is 1. The van der Waals surface area contributed by atoms with Crippen LogP contribution in [0.25, 0.3) is 0 Å². The van der Waals surface area contributed by atoms with Crippen molar-refractivity contribution in [2.24, 2.45) is 5.92 Å². The van der Waals surface area contributed by atoms with Crippen LogP contribution in [-0.2, 0) is 6.54 Å². The van der Waals surface area contributed by atoms with Crippen molar-refractivity contribution in [1.29, 1.82) is 0 Å². The summed E-state index contributed by atoms with van der Waals surface area (Å²) in [5.41, 5.74) is 0.954. The van der Waals surface area contributed by atoms with Gasteiger partial charge in [-0.1, -0.05) is 26.0 Å². The summed E-state index contributed by atoms with van der Waals surface area (Å²) < 4.78 is 28.2. The summed E-state index contributed by atoms with van der Waals surface area (Å²) >= 11 is 0. The predicted octanol–water partition coefficient (Wildman–Crippen LogP) is 2.39. The number of nitrogens with one attached hydrogen (secondary N) is 1. The Labute approximate surface area is 106 Å². The first-order chi connectivity index (χ1) is 8.52. The molecule has 0 radical (unpaired) electrons. The van der Waals surface area contributed by atoms with Crippen LogP contribution in [0.5, 0.6) is 5.75 Å². The zero-order valence-electron chi connectivity index (χ0n) is 10.6. The van der Waals surface area contributed by atoms with Gasteiger partial charge < -0.3 is 15.2 Å². The number of hydrogen-bond acceptors (Lipinski definition) is 3. The van der Waals surface area contributed by atoms with E-state index in [1.165, 1.54) is 12.1 Å². The second-order valence-corrected chi connectivity index (χ2v) is 4.44. The normalized spacial score (nSPS) is 13.1. The molecule has 1 aromatic rings. The highest BCUT2D eigenvalue weighted by Crippen LogP contribution is 2.15. The van der Waals surface area contributed by atoms with Crippen molar-refractivity contribution in [2.45, 2.75) is 33.0 Å². The lowest BCUT2D eigenvalue weighted by Gasteiger charge is -2.20. The Morgan fingerprint density at radius 1 is 1.22 bits per heavy atom. The highest BCUT2D eigenvalue weighted by atomic mass is 19.3. The molecule has 1 unspecified atom stereocenters. The fourth-order valence-electron chi connectivity index (χ4n) is 1.55. The Morgan fingerprint density at radius 2 is 1.83 bits per heavy atom. The molecule has 0 aliphatic heterocycles. The molecule has 0 heterocycles. The molecule has 3 nitrogen and oxygen atoms in total. The Kier molecular flexibility index (Phi) is 6.01. The first-order valence-electron chi connectivity index (χ1n) is 5.91. The molecule has 1 aromatic carbocycles. The summed E-state index contributed by atoms with van der Waals surface area (Å²) in [6.07, 6.45) is 0. The van der Waals surface area contributed by atoms with E-state index >= 15 is 0 Å². The van der Waals surface area contributed by atoms with Crippen LogP contribution in [-0.4, -0.2) is 24.4 Å². The number of hydrogen-bond donors (Lipinski definition) is 2. The summed E-state index contributed by atoms with van der Waals surface area (Å²) in [6.45, 7) is 1.90. The number of halogens is 2. The molecular weight excluding hydrogens is 240 g/mol. The Bertz CT molecular complexity index is 341. The minimum atomic E-state index is -2.80. The van der Waals surface area contributed by atoms with Gasteiger partial charge in [0.05, 0.1) is 6.61 Å². The molecule has 102 valence electrons. The molecule has 0 amide bonds. The van der Waals surface area contributed by atoms with Crippen molar-refractivity contribution in [1.82, 2.24) is 5.32 Å². The van der Waals surface area contributed by atoms with E-state index in [0.29, 0.717) is 12.5 Å². The van der Waals surface area contributed by atoms with Crippen LogP contribution in [0, 0.1) is 5.92 Å². The molecule has 2 N–H and O–H groups in total. The first-order valence-corrected chi connectivity index (χ1v) is 5.91. The fraction of sp³-hybridized carbons (Fsp3) is 0.538. The molecule has 18 heavy (non-hydrogen) atoms. The largest absolute Gasteiger partial charge is 0.435 e. The van der Waals surface area contributed by atoms with Gasteiger partial charge in [-0.15, -0.1) is 0 Å². The average molecular weight is 259 g/mol. The summed E-state index contributed by atoms with van der Waals surface area (Å²) in [7, 11) is 0. The van der Waals surface area contributed by atoms with E-state index < -0.39 is 6.61 Å². The fourth-order valence-corrected chi connectivity index (χ4v) is 1.55. The Balaban J connectivity index is 2.48. The van der Waals surface area contributed by atoms with Gasteiger partial charge in [0.1, 0.15) is 5.75 Å². The molecule has 0 bridgehead atoms. The van der Waals surface area contributed by atoms with Crippen molar-refractivity contribution in [3.8, 4) is 5.75 Å². The van der Waals surface area contributed by atoms with E-state index in [-0.39, 0.29) is 18.4 Å². The molecule has 5 heteroatoms. The van der Waals surface area contributed by atoms with Crippen molar-refractivity contribution in [3.05, 3.63) is 29.8 Å². The zero-order valence-corrected chi connectivity index (χ0v) is 10.6. The maximum absolute atomic E-state index is 11.9. The van der Waals surface area contributed by atoms with Crippen LogP contribution in [0.4, 0.5) is 8.78 Å². The van der Waals surface area contributed by atoms with E-state index in [0.717, 1.165) is 5.56 Å². The van der Waals surface area contributed by atoms with Gasteiger partial charge in [-0.25, -0.2) is 0 Å². The standard InChI is InChI=1S/C13H19F2NO2/c1-9(2)12(8-17)16-7-10-3-5-11(6-4-10)18-13(14)15/h3-6,9,12-13,16-17H,7-8H2,1-2H3. The third-order valence-electron chi connectivity index (χ3n) is 2.72. The third kappa shape index (κ3) is 4.98. The van der Waals surface area contributed by atoms with Crippen LogP contribution in [0.1, 0.15) is 19.4 Å². The van der Waals surface area contributed by atoms with Crippen LogP contribution in [0.15, 0.2) is 24.3 Å². The molecule has 0 saturated heterocycles. The molecule has 0 saturated carbocycles. The molecule has 0 aliphatic carbocycles. The molecule has 1 rings (SSSR count). The lowest BCUT2D eigenvalue weighted by Crippen LogP contribution is -2.36. The van der Waals surface area contributed by atoms with Crippen LogP contribution >= 0.6 is 0 Å². The average Bonchev–Trinajstić information content (AvgIpc) is 2.31. The number of benzene rings is 1. The molecule has 0 spiro atoms. The minimum absolute atomic E-state index is 0.0296. The number of rotatable bonds is 7. The molecular formula is C13H19F2NO2. The highest BCUT2D eigenvalue weighted by molar-refractivity contribution is 5.27. The second-order valence-electron chi connectivity index (χ2n) is 4.44. The Morgan fingerprint density at radius 3 is 2.28 bits per heavy atom. The quantitative estimate of drug-likeness (QED) is 0.790. The van der Waals surface area contributed by atoms with E-state index in [9.17, 15) is 8.78 Å². The van der Waals surface area contributed by atoms with Crippen molar-refractivity contribution >= 4 is 0 Å². The van der Waals surface area contributed by atoms with Gasteiger partial charge in [-0.2, -0.15) is 8.78 Å². The predicted molar refractivity (Wildman–Crippen MR) is 65.6 cm³/mol. The van der Waals surface area contributed by atoms with Gasteiger partial charge >= 0.3 is 6.61 Å². The number of alkyl halides is 2. The van der Waals surface area contributed by atoms with Crippen molar-refractivity contribution in [3.63, 3.8) is 0 Å². The van der Waals surface area contributed by atoms with Crippen molar-refractivity contribution in [2.75, 3.05) is 6.61 Å². The van der Waals surface area contributed by atoms with Gasteiger partial charge in [0.2, 0.25) is 0 Å². The summed E-state index contributed by atoms with van der Waals surface area (Å²) in [5.74, 6) is 0.479. The highest BCUT2D eigenvalue weighted by Gasteiger charge is 2.11. The molecule has 0 aliphatic rings. The van der Waals surface area contributed by atoms with Crippen molar-refractivity contribution < 1.29 is 18.6 Å². The lowest BCUT2D eigenvalue weighted by atomic mass is 10.1. The van der Waals surface area contributed by atoms with Gasteiger partial charge in [-0.3, -0.25) is 0 Å². The number of aliphatic hydroxyl groups excluding tert-OH is 1. The summed E-state index contributed by atoms with van der Waals surface area (Å²) in [6, 6.07) is 6.49. The van der Waals surface area contributed by atoms with E-state index in [2.05, 4.69) is 10.1 Å². The first kappa shape index (κ1) is 14.9. The van der Waals surface area contributed by atoms with Crippen LogP contribution < -0.4 is 10.1 Å². The summed E-state index contributed by atoms with van der Waals surface area (Å²) in [4.78, 5) is 0. The maximum atomic E-state index is 11.9. The third-order valence-corrected chi connectivity index (χ3v) is 2.72. The minimum Gasteiger partial charge on any atom is -0.435 e. The topological polar surface area (TPSA) is 41.5 Å². The zero-order chi connectivity index (χ0) is 13.5. The van der Waals surface area contributed by atoms with Gasteiger partial charge in [0, 0.05) is 12.6 Å². The SMILES string of the molecule is CC(C)C(CO)NCc1ccc(OC(F)F)cc1. The van der Waals surface area contributed by atoms with E-state index in [1.807, 2.05) is 13.8 Å². The number of ether oxygens (including phenoxy) is 1. The van der Waals surface area contributed by atoms with Gasteiger partial charge in [0.25, 0.3) is 0 Å². The van der Waals surface area contributed by atoms with Gasteiger partial charge in [0.15, 0.2) is 0 Å². The molecule has 0 aromatic heterocycles. The van der Waals surface area contributed by atoms with Gasteiger partial charge in [-0.05, 0) is 23.6 Å².